The van der Waals surface area contributed by atoms with E-state index in [2.05, 4.69) is 5.10 Å². The zero-order chi connectivity index (χ0) is 13.3. The van der Waals surface area contributed by atoms with Gasteiger partial charge >= 0.3 is 0 Å². The van der Waals surface area contributed by atoms with Gasteiger partial charge < -0.3 is 10.8 Å². The summed E-state index contributed by atoms with van der Waals surface area (Å²) in [7, 11) is 1.82. The van der Waals surface area contributed by atoms with Gasteiger partial charge in [0.1, 0.15) is 5.82 Å². The highest BCUT2D eigenvalue weighted by Crippen LogP contribution is 2.35. The molecule has 0 aliphatic heterocycles. The fourth-order valence-electron chi connectivity index (χ4n) is 2.05. The minimum Gasteiger partial charge on any atom is -0.395 e. The Bertz CT molecular complexity index is 558. The number of aryl methyl sites for hydroxylation is 1. The van der Waals surface area contributed by atoms with E-state index in [9.17, 15) is 5.11 Å². The highest BCUT2D eigenvalue weighted by molar-refractivity contribution is 5.77. The maximum Gasteiger partial charge on any atom is 0.129 e. The molecule has 0 aliphatic carbocycles. The molecule has 18 heavy (non-hydrogen) atoms. The molecule has 96 valence electrons. The highest BCUT2D eigenvalue weighted by atomic mass is 16.3. The fourth-order valence-corrected chi connectivity index (χ4v) is 2.05. The zero-order valence-corrected chi connectivity index (χ0v) is 11.0. The van der Waals surface area contributed by atoms with E-state index in [4.69, 9.17) is 5.73 Å². The van der Waals surface area contributed by atoms with E-state index in [1.54, 1.807) is 10.9 Å². The van der Waals surface area contributed by atoms with Crippen molar-refractivity contribution in [1.82, 2.24) is 9.78 Å². The molecule has 2 rings (SSSR count). The Morgan fingerprint density at radius 2 is 1.94 bits per heavy atom. The Morgan fingerprint density at radius 3 is 2.50 bits per heavy atom. The van der Waals surface area contributed by atoms with E-state index in [-0.39, 0.29) is 12.0 Å². The summed E-state index contributed by atoms with van der Waals surface area (Å²) < 4.78 is 1.65. The normalized spacial score (nSPS) is 11.8. The third-order valence-corrected chi connectivity index (χ3v) is 3.33. The lowest BCUT2D eigenvalue weighted by Crippen LogP contribution is -2.23. The number of hydrogen-bond donors (Lipinski definition) is 2. The molecule has 4 heteroatoms. The number of anilines is 1. The second-order valence-electron chi connectivity index (χ2n) is 5.15. The molecule has 0 spiro atoms. The molecule has 0 radical (unpaired) electrons. The molecule has 0 aliphatic rings. The van der Waals surface area contributed by atoms with Gasteiger partial charge in [-0.2, -0.15) is 5.10 Å². The van der Waals surface area contributed by atoms with Crippen molar-refractivity contribution in [3.63, 3.8) is 0 Å². The third kappa shape index (κ3) is 1.99. The monoisotopic (exact) mass is 245 g/mol. The summed E-state index contributed by atoms with van der Waals surface area (Å²) in [5, 5.41) is 13.7. The van der Waals surface area contributed by atoms with Crippen molar-refractivity contribution in [2.45, 2.75) is 19.3 Å². The van der Waals surface area contributed by atoms with Gasteiger partial charge in [0.25, 0.3) is 0 Å². The van der Waals surface area contributed by atoms with Crippen molar-refractivity contribution in [3.8, 4) is 11.1 Å². The van der Waals surface area contributed by atoms with Crippen molar-refractivity contribution >= 4 is 5.82 Å². The van der Waals surface area contributed by atoms with Crippen LogP contribution in [0.15, 0.2) is 30.5 Å². The standard InChI is InChI=1S/C14H19N3O/c1-14(2,9-18)12-7-5-4-6-10(12)11-8-16-17(3)13(11)15/h4-8,18H,9,15H2,1-3H3. The van der Waals surface area contributed by atoms with Crippen LogP contribution in [0.25, 0.3) is 11.1 Å². The van der Waals surface area contributed by atoms with Crippen LogP contribution in [-0.4, -0.2) is 21.5 Å². The fraction of sp³-hybridized carbons (Fsp3) is 0.357. The minimum atomic E-state index is -0.307. The first kappa shape index (κ1) is 12.6. The van der Waals surface area contributed by atoms with Gasteiger partial charge in [-0.1, -0.05) is 38.1 Å². The molecule has 2 aromatic rings. The predicted octanol–water partition coefficient (Wildman–Crippen LogP) is 1.94. The summed E-state index contributed by atoms with van der Waals surface area (Å²) in [6.07, 6.45) is 1.77. The van der Waals surface area contributed by atoms with Crippen molar-refractivity contribution in [2.75, 3.05) is 12.3 Å². The number of benzene rings is 1. The van der Waals surface area contributed by atoms with Crippen LogP contribution in [-0.2, 0) is 12.5 Å². The summed E-state index contributed by atoms with van der Waals surface area (Å²) in [4.78, 5) is 0. The molecule has 0 fully saturated rings. The smallest absolute Gasteiger partial charge is 0.129 e. The zero-order valence-electron chi connectivity index (χ0n) is 11.0. The van der Waals surface area contributed by atoms with Gasteiger partial charge in [0.2, 0.25) is 0 Å². The number of hydrogen-bond acceptors (Lipinski definition) is 3. The molecule has 4 nitrogen and oxygen atoms in total. The number of aliphatic hydroxyl groups excluding tert-OH is 1. The lowest BCUT2D eigenvalue weighted by atomic mass is 9.81. The molecular formula is C14H19N3O. The summed E-state index contributed by atoms with van der Waals surface area (Å²) in [6.45, 7) is 4.11. The first-order chi connectivity index (χ1) is 8.47. The average Bonchev–Trinajstić information content (AvgIpc) is 2.70. The lowest BCUT2D eigenvalue weighted by Gasteiger charge is -2.25. The number of nitrogens with zero attached hydrogens (tertiary/aromatic N) is 2. The Balaban J connectivity index is 2.62. The molecule has 0 saturated heterocycles. The molecule has 0 atom stereocenters. The average molecular weight is 245 g/mol. The predicted molar refractivity (Wildman–Crippen MR) is 73.2 cm³/mol. The topological polar surface area (TPSA) is 64.1 Å². The van der Waals surface area contributed by atoms with E-state index in [1.807, 2.05) is 45.2 Å². The van der Waals surface area contributed by atoms with E-state index in [0.717, 1.165) is 16.7 Å². The second-order valence-corrected chi connectivity index (χ2v) is 5.15. The molecule has 0 amide bonds. The number of aromatic nitrogens is 2. The summed E-state index contributed by atoms with van der Waals surface area (Å²) in [5.41, 5.74) is 8.74. The summed E-state index contributed by atoms with van der Waals surface area (Å²) >= 11 is 0. The van der Waals surface area contributed by atoms with Crippen LogP contribution in [0.5, 0.6) is 0 Å². The Kier molecular flexibility index (Phi) is 3.13. The van der Waals surface area contributed by atoms with Crippen LogP contribution in [0.2, 0.25) is 0 Å². The largest absolute Gasteiger partial charge is 0.395 e. The molecule has 1 aromatic heterocycles. The minimum absolute atomic E-state index is 0.0875. The Labute approximate surface area is 107 Å². The molecule has 0 bridgehead atoms. The molecule has 1 heterocycles. The van der Waals surface area contributed by atoms with Crippen molar-refractivity contribution < 1.29 is 5.11 Å². The van der Waals surface area contributed by atoms with Crippen LogP contribution in [0, 0.1) is 0 Å². The Hall–Kier alpha value is -1.81. The first-order valence-electron chi connectivity index (χ1n) is 5.95. The molecule has 1 aromatic carbocycles. The van der Waals surface area contributed by atoms with Crippen molar-refractivity contribution in [2.24, 2.45) is 7.05 Å². The van der Waals surface area contributed by atoms with Gasteiger partial charge in [-0.3, -0.25) is 4.68 Å². The summed E-state index contributed by atoms with van der Waals surface area (Å²) in [5.74, 6) is 0.635. The van der Waals surface area contributed by atoms with E-state index < -0.39 is 0 Å². The van der Waals surface area contributed by atoms with Crippen LogP contribution < -0.4 is 5.73 Å². The highest BCUT2D eigenvalue weighted by Gasteiger charge is 2.24. The van der Waals surface area contributed by atoms with Gasteiger partial charge in [0, 0.05) is 18.0 Å². The lowest BCUT2D eigenvalue weighted by molar-refractivity contribution is 0.219. The Morgan fingerprint density at radius 1 is 1.28 bits per heavy atom. The van der Waals surface area contributed by atoms with Gasteiger partial charge in [0.05, 0.1) is 12.8 Å². The molecule has 0 saturated carbocycles. The van der Waals surface area contributed by atoms with E-state index >= 15 is 0 Å². The van der Waals surface area contributed by atoms with E-state index in [0.29, 0.717) is 5.82 Å². The number of nitrogen functional groups attached to an aromatic ring is 1. The van der Waals surface area contributed by atoms with Gasteiger partial charge in [-0.05, 0) is 11.1 Å². The van der Waals surface area contributed by atoms with Crippen molar-refractivity contribution in [3.05, 3.63) is 36.0 Å². The van der Waals surface area contributed by atoms with Crippen molar-refractivity contribution in [1.29, 1.82) is 0 Å². The van der Waals surface area contributed by atoms with Crippen LogP contribution in [0.1, 0.15) is 19.4 Å². The quantitative estimate of drug-likeness (QED) is 0.868. The van der Waals surface area contributed by atoms with Crippen LogP contribution >= 0.6 is 0 Å². The third-order valence-electron chi connectivity index (χ3n) is 3.33. The second kappa shape index (κ2) is 4.46. The maximum atomic E-state index is 9.54. The first-order valence-corrected chi connectivity index (χ1v) is 5.95. The molecule has 3 N–H and O–H groups in total. The number of rotatable bonds is 3. The van der Waals surface area contributed by atoms with Gasteiger partial charge in [-0.25, -0.2) is 0 Å². The van der Waals surface area contributed by atoms with E-state index in [1.165, 1.54) is 0 Å². The van der Waals surface area contributed by atoms with Crippen LogP contribution in [0.3, 0.4) is 0 Å². The molecular weight excluding hydrogens is 226 g/mol. The number of nitrogens with two attached hydrogens (primary N) is 1. The SMILES string of the molecule is Cn1ncc(-c2ccccc2C(C)(C)CO)c1N. The maximum absolute atomic E-state index is 9.54. The number of aliphatic hydroxyl groups is 1. The molecule has 0 unspecified atom stereocenters. The van der Waals surface area contributed by atoms with Gasteiger partial charge in [0.15, 0.2) is 0 Å². The van der Waals surface area contributed by atoms with Gasteiger partial charge in [-0.15, -0.1) is 0 Å². The summed E-state index contributed by atoms with van der Waals surface area (Å²) in [6, 6.07) is 7.99. The van der Waals surface area contributed by atoms with Crippen LogP contribution in [0.4, 0.5) is 5.82 Å².